The smallest absolute Gasteiger partial charge is 0.223 e. The molecule has 1 rings (SSSR count). The van der Waals surface area contributed by atoms with Crippen molar-refractivity contribution in [3.05, 3.63) is 0 Å². The lowest BCUT2D eigenvalue weighted by atomic mass is 9.68. The second kappa shape index (κ2) is 6.39. The van der Waals surface area contributed by atoms with Crippen molar-refractivity contribution < 1.29 is 4.79 Å². The number of carbonyl (C=O) groups excluding carboxylic acids is 1. The molecule has 2 unspecified atom stereocenters. The fraction of sp³-hybridized carbons (Fsp3) is 0.929. The average Bonchev–Trinajstić information content (AvgIpc) is 2.23. The summed E-state index contributed by atoms with van der Waals surface area (Å²) in [7, 11) is 0. The molecule has 3 nitrogen and oxygen atoms in total. The van der Waals surface area contributed by atoms with E-state index in [4.69, 9.17) is 5.73 Å². The highest BCUT2D eigenvalue weighted by Crippen LogP contribution is 2.40. The van der Waals surface area contributed by atoms with E-state index in [-0.39, 0.29) is 23.3 Å². The molecule has 1 saturated carbocycles. The second-order valence-electron chi connectivity index (χ2n) is 6.20. The van der Waals surface area contributed by atoms with Crippen molar-refractivity contribution in [1.29, 1.82) is 0 Å². The second-order valence-corrected chi connectivity index (χ2v) is 6.20. The van der Waals surface area contributed by atoms with Gasteiger partial charge in [0.1, 0.15) is 0 Å². The van der Waals surface area contributed by atoms with Gasteiger partial charge >= 0.3 is 0 Å². The predicted molar refractivity (Wildman–Crippen MR) is 71.6 cm³/mol. The van der Waals surface area contributed by atoms with Crippen LogP contribution in [0.1, 0.15) is 59.3 Å². The molecule has 0 saturated heterocycles. The van der Waals surface area contributed by atoms with Crippen molar-refractivity contribution in [3.8, 4) is 0 Å². The number of nitrogens with two attached hydrogens (primary N) is 1. The van der Waals surface area contributed by atoms with Gasteiger partial charge in [-0.1, -0.05) is 26.7 Å². The van der Waals surface area contributed by atoms with Gasteiger partial charge in [0.15, 0.2) is 0 Å². The fourth-order valence-electron chi connectivity index (χ4n) is 2.74. The average molecular weight is 240 g/mol. The topological polar surface area (TPSA) is 55.1 Å². The highest BCUT2D eigenvalue weighted by Gasteiger charge is 2.36. The number of amides is 1. The van der Waals surface area contributed by atoms with Gasteiger partial charge < -0.3 is 11.1 Å². The Morgan fingerprint density at radius 1 is 1.47 bits per heavy atom. The standard InChI is InChI=1S/C14H28N2O/c1-11(15)7-6-10-16-13(17)12-8-4-5-9-14(12,2)3/h11-12H,4-10,15H2,1-3H3,(H,16,17). The highest BCUT2D eigenvalue weighted by molar-refractivity contribution is 5.79. The quantitative estimate of drug-likeness (QED) is 0.725. The third-order valence-electron chi connectivity index (χ3n) is 3.96. The summed E-state index contributed by atoms with van der Waals surface area (Å²) in [6, 6.07) is 0.234. The van der Waals surface area contributed by atoms with Crippen LogP contribution in [0.25, 0.3) is 0 Å². The van der Waals surface area contributed by atoms with E-state index in [1.165, 1.54) is 19.3 Å². The summed E-state index contributed by atoms with van der Waals surface area (Å²) in [4.78, 5) is 12.1. The molecule has 0 radical (unpaired) electrons. The predicted octanol–water partition coefficient (Wildman–Crippen LogP) is 2.45. The summed E-state index contributed by atoms with van der Waals surface area (Å²) >= 11 is 0. The van der Waals surface area contributed by atoms with E-state index in [2.05, 4.69) is 19.2 Å². The molecule has 17 heavy (non-hydrogen) atoms. The van der Waals surface area contributed by atoms with Crippen molar-refractivity contribution in [2.45, 2.75) is 65.3 Å². The first-order valence-corrected chi connectivity index (χ1v) is 6.97. The molecule has 0 aromatic heterocycles. The van der Waals surface area contributed by atoms with Gasteiger partial charge in [-0.2, -0.15) is 0 Å². The maximum atomic E-state index is 12.1. The van der Waals surface area contributed by atoms with E-state index in [1.54, 1.807) is 0 Å². The molecule has 3 N–H and O–H groups in total. The van der Waals surface area contributed by atoms with Crippen molar-refractivity contribution in [3.63, 3.8) is 0 Å². The molecule has 0 bridgehead atoms. The van der Waals surface area contributed by atoms with Gasteiger partial charge in [0.25, 0.3) is 0 Å². The maximum Gasteiger partial charge on any atom is 0.223 e. The van der Waals surface area contributed by atoms with Crippen LogP contribution in [0.15, 0.2) is 0 Å². The first kappa shape index (κ1) is 14.5. The molecular formula is C14H28N2O. The van der Waals surface area contributed by atoms with Gasteiger partial charge in [0, 0.05) is 18.5 Å². The summed E-state index contributed by atoms with van der Waals surface area (Å²) < 4.78 is 0. The van der Waals surface area contributed by atoms with E-state index in [1.807, 2.05) is 6.92 Å². The molecule has 1 aliphatic rings. The van der Waals surface area contributed by atoms with Crippen molar-refractivity contribution >= 4 is 5.91 Å². The molecule has 1 aliphatic carbocycles. The lowest BCUT2D eigenvalue weighted by Gasteiger charge is -2.37. The number of carbonyl (C=O) groups is 1. The Kier molecular flexibility index (Phi) is 5.44. The maximum absolute atomic E-state index is 12.1. The van der Waals surface area contributed by atoms with Crippen molar-refractivity contribution in [1.82, 2.24) is 5.32 Å². The van der Waals surface area contributed by atoms with Gasteiger partial charge in [0.2, 0.25) is 5.91 Å². The van der Waals surface area contributed by atoms with E-state index in [0.717, 1.165) is 25.8 Å². The summed E-state index contributed by atoms with van der Waals surface area (Å²) in [6.45, 7) is 7.22. The first-order valence-electron chi connectivity index (χ1n) is 6.97. The lowest BCUT2D eigenvalue weighted by molar-refractivity contribution is -0.130. The van der Waals surface area contributed by atoms with E-state index in [0.29, 0.717) is 0 Å². The minimum atomic E-state index is 0.170. The monoisotopic (exact) mass is 240 g/mol. The molecule has 1 amide bonds. The van der Waals surface area contributed by atoms with Crippen LogP contribution in [0.2, 0.25) is 0 Å². The Morgan fingerprint density at radius 3 is 2.76 bits per heavy atom. The zero-order valence-corrected chi connectivity index (χ0v) is 11.6. The van der Waals surface area contributed by atoms with Gasteiger partial charge in [0.05, 0.1) is 0 Å². The van der Waals surface area contributed by atoms with Gasteiger partial charge in [-0.25, -0.2) is 0 Å². The third kappa shape index (κ3) is 4.66. The number of nitrogens with one attached hydrogen (secondary N) is 1. The van der Waals surface area contributed by atoms with Gasteiger partial charge in [-0.05, 0) is 38.0 Å². The normalized spacial score (nSPS) is 25.3. The third-order valence-corrected chi connectivity index (χ3v) is 3.96. The number of rotatable bonds is 5. The van der Waals surface area contributed by atoms with Gasteiger partial charge in [-0.15, -0.1) is 0 Å². The van der Waals surface area contributed by atoms with Crippen LogP contribution in [0, 0.1) is 11.3 Å². The fourth-order valence-corrected chi connectivity index (χ4v) is 2.74. The molecule has 0 heterocycles. The Labute approximate surface area is 106 Å². The van der Waals surface area contributed by atoms with Crippen LogP contribution >= 0.6 is 0 Å². The molecule has 100 valence electrons. The Balaban J connectivity index is 2.31. The molecule has 0 spiro atoms. The van der Waals surface area contributed by atoms with Crippen LogP contribution in [-0.2, 0) is 4.79 Å². The van der Waals surface area contributed by atoms with E-state index >= 15 is 0 Å². The Hall–Kier alpha value is -0.570. The first-order chi connectivity index (χ1) is 7.93. The lowest BCUT2D eigenvalue weighted by Crippen LogP contribution is -2.41. The zero-order chi connectivity index (χ0) is 12.9. The van der Waals surface area contributed by atoms with E-state index < -0.39 is 0 Å². The largest absolute Gasteiger partial charge is 0.356 e. The molecule has 0 aliphatic heterocycles. The van der Waals surface area contributed by atoms with Crippen LogP contribution in [-0.4, -0.2) is 18.5 Å². The molecule has 2 atom stereocenters. The van der Waals surface area contributed by atoms with Crippen molar-refractivity contribution in [2.75, 3.05) is 6.54 Å². The number of hydrogen-bond donors (Lipinski definition) is 2. The summed E-state index contributed by atoms with van der Waals surface area (Å²) in [6.07, 6.45) is 6.64. The Morgan fingerprint density at radius 2 is 2.18 bits per heavy atom. The zero-order valence-electron chi connectivity index (χ0n) is 11.6. The summed E-state index contributed by atoms with van der Waals surface area (Å²) in [5.41, 5.74) is 5.85. The van der Waals surface area contributed by atoms with Gasteiger partial charge in [-0.3, -0.25) is 4.79 Å². The minimum Gasteiger partial charge on any atom is -0.356 e. The van der Waals surface area contributed by atoms with Crippen molar-refractivity contribution in [2.24, 2.45) is 17.1 Å². The molecular weight excluding hydrogens is 212 g/mol. The Bertz CT molecular complexity index is 249. The van der Waals surface area contributed by atoms with Crippen LogP contribution in [0.4, 0.5) is 0 Å². The van der Waals surface area contributed by atoms with Crippen LogP contribution in [0.5, 0.6) is 0 Å². The molecule has 3 heteroatoms. The molecule has 0 aromatic carbocycles. The molecule has 0 aromatic rings. The number of hydrogen-bond acceptors (Lipinski definition) is 2. The van der Waals surface area contributed by atoms with Crippen LogP contribution < -0.4 is 11.1 Å². The van der Waals surface area contributed by atoms with E-state index in [9.17, 15) is 4.79 Å². The van der Waals surface area contributed by atoms with Crippen LogP contribution in [0.3, 0.4) is 0 Å². The highest BCUT2D eigenvalue weighted by atomic mass is 16.1. The SMILES string of the molecule is CC(N)CCCNC(=O)C1CCCCC1(C)C. The minimum absolute atomic E-state index is 0.170. The summed E-state index contributed by atoms with van der Waals surface area (Å²) in [5.74, 6) is 0.450. The molecule has 1 fully saturated rings. The summed E-state index contributed by atoms with van der Waals surface area (Å²) in [5, 5.41) is 3.07.